The Hall–Kier alpha value is -3.96. The maximum absolute atomic E-state index is 12.3. The number of fused-ring (bicyclic) bond motifs is 4. The van der Waals surface area contributed by atoms with Crippen molar-refractivity contribution in [2.45, 2.75) is 6.54 Å². The van der Waals surface area contributed by atoms with Crippen LogP contribution in [0.2, 0.25) is 0 Å². The van der Waals surface area contributed by atoms with Gasteiger partial charge in [0.25, 0.3) is 0 Å². The minimum absolute atomic E-state index is 0.265. The highest BCUT2D eigenvalue weighted by Gasteiger charge is 2.18. The molecule has 0 unspecified atom stereocenters. The summed E-state index contributed by atoms with van der Waals surface area (Å²) in [5.74, 6) is -0.955. The average Bonchev–Trinajstić information content (AvgIpc) is 3.23. The molecule has 2 heterocycles. The maximum atomic E-state index is 12.3. The Morgan fingerprint density at radius 3 is 2.41 bits per heavy atom. The highest BCUT2D eigenvalue weighted by molar-refractivity contribution is 9.10. The lowest BCUT2D eigenvalue weighted by Gasteiger charge is -2.09. The molecule has 2 aromatic heterocycles. The number of aromatic nitrogens is 2. The van der Waals surface area contributed by atoms with E-state index >= 15 is 0 Å². The van der Waals surface area contributed by atoms with Gasteiger partial charge >= 0.3 is 5.97 Å². The second-order valence-corrected chi connectivity index (χ2v) is 9.27. The van der Waals surface area contributed by atoms with Crippen LogP contribution >= 0.6 is 15.9 Å². The molecule has 0 fully saturated rings. The van der Waals surface area contributed by atoms with Crippen LogP contribution in [0.15, 0.2) is 102 Å². The number of carboxylic acid groups (broad SMARTS) is 1. The van der Waals surface area contributed by atoms with Crippen molar-refractivity contribution in [1.29, 1.82) is 0 Å². The van der Waals surface area contributed by atoms with E-state index in [1.807, 2.05) is 60.7 Å². The number of aromatic carboxylic acids is 1. The highest BCUT2D eigenvalue weighted by Crippen LogP contribution is 2.35. The molecule has 0 spiro atoms. The molecule has 0 bridgehead atoms. The second-order valence-electron chi connectivity index (χ2n) is 8.36. The molecule has 0 radical (unpaired) electrons. The van der Waals surface area contributed by atoms with Crippen molar-refractivity contribution in [3.05, 3.63) is 113 Å². The van der Waals surface area contributed by atoms with Gasteiger partial charge in [-0.25, -0.2) is 9.78 Å². The van der Waals surface area contributed by atoms with Gasteiger partial charge in [-0.15, -0.1) is 0 Å². The van der Waals surface area contributed by atoms with E-state index in [0.717, 1.165) is 31.7 Å². The number of para-hydroxylation sites is 1. The maximum Gasteiger partial charge on any atom is 0.336 e. The van der Waals surface area contributed by atoms with Crippen LogP contribution in [0.4, 0.5) is 0 Å². The van der Waals surface area contributed by atoms with E-state index in [2.05, 4.69) is 51.0 Å². The Kier molecular flexibility index (Phi) is 4.93. The number of carboxylic acids is 1. The van der Waals surface area contributed by atoms with Crippen molar-refractivity contribution in [3.63, 3.8) is 0 Å². The molecule has 4 nitrogen and oxygen atoms in total. The number of benzene rings is 4. The molecule has 0 saturated carbocycles. The summed E-state index contributed by atoms with van der Waals surface area (Å²) >= 11 is 3.50. The van der Waals surface area contributed by atoms with Gasteiger partial charge in [-0.05, 0) is 46.7 Å². The molecule has 164 valence electrons. The first-order valence-electron chi connectivity index (χ1n) is 11.0. The molecular formula is C29H19BrN2O2. The number of hydrogen-bond acceptors (Lipinski definition) is 2. The predicted molar refractivity (Wildman–Crippen MR) is 140 cm³/mol. The molecule has 0 saturated heterocycles. The zero-order chi connectivity index (χ0) is 23.2. The van der Waals surface area contributed by atoms with Crippen molar-refractivity contribution in [2.75, 3.05) is 0 Å². The molecule has 0 aliphatic heterocycles. The van der Waals surface area contributed by atoms with Crippen LogP contribution in [-0.2, 0) is 6.54 Å². The molecule has 0 atom stereocenters. The summed E-state index contributed by atoms with van der Waals surface area (Å²) in [6.07, 6.45) is 2.08. The van der Waals surface area contributed by atoms with Gasteiger partial charge in [0, 0.05) is 39.1 Å². The summed E-state index contributed by atoms with van der Waals surface area (Å²) in [7, 11) is 0. The zero-order valence-electron chi connectivity index (χ0n) is 18.1. The summed E-state index contributed by atoms with van der Waals surface area (Å²) in [5.41, 5.74) is 4.79. The average molecular weight is 507 g/mol. The van der Waals surface area contributed by atoms with Crippen LogP contribution in [0.3, 0.4) is 0 Å². The fraction of sp³-hybridized carbons (Fsp3) is 0.0345. The van der Waals surface area contributed by atoms with Crippen molar-refractivity contribution in [1.82, 2.24) is 9.55 Å². The van der Waals surface area contributed by atoms with E-state index in [4.69, 9.17) is 4.98 Å². The molecule has 5 heteroatoms. The smallest absolute Gasteiger partial charge is 0.336 e. The molecule has 6 aromatic rings. The van der Waals surface area contributed by atoms with Gasteiger partial charge in [-0.2, -0.15) is 0 Å². The van der Waals surface area contributed by atoms with Crippen LogP contribution < -0.4 is 0 Å². The summed E-state index contributed by atoms with van der Waals surface area (Å²) < 4.78 is 3.24. The Bertz CT molecular complexity index is 1720. The number of nitrogens with zero attached hydrogens (tertiary/aromatic N) is 2. The molecule has 6 rings (SSSR count). The van der Waals surface area contributed by atoms with E-state index < -0.39 is 5.97 Å². The lowest BCUT2D eigenvalue weighted by atomic mass is 9.98. The van der Waals surface area contributed by atoms with Crippen LogP contribution in [0.5, 0.6) is 0 Å². The molecule has 34 heavy (non-hydrogen) atoms. The molecule has 0 amide bonds. The Morgan fingerprint density at radius 2 is 1.62 bits per heavy atom. The summed E-state index contributed by atoms with van der Waals surface area (Å²) in [4.78, 5) is 17.3. The molecule has 1 N–H and O–H groups in total. The lowest BCUT2D eigenvalue weighted by Crippen LogP contribution is -2.01. The van der Waals surface area contributed by atoms with Crippen LogP contribution in [0.25, 0.3) is 43.8 Å². The SMILES string of the molecule is O=C(O)c1cc(-c2cn(Cc3ccc(Br)cc3)c3ccccc23)nc2ccc3ccccc3c12. The Morgan fingerprint density at radius 1 is 0.882 bits per heavy atom. The number of carbonyl (C=O) groups is 1. The third-order valence-corrected chi connectivity index (χ3v) is 6.79. The number of rotatable bonds is 4. The van der Waals surface area contributed by atoms with Crippen molar-refractivity contribution >= 4 is 54.5 Å². The molecule has 0 aliphatic carbocycles. The third kappa shape index (κ3) is 3.45. The van der Waals surface area contributed by atoms with E-state index in [9.17, 15) is 9.90 Å². The summed E-state index contributed by atoms with van der Waals surface area (Å²) in [6, 6.07) is 29.9. The lowest BCUT2D eigenvalue weighted by molar-refractivity contribution is 0.0699. The standard InChI is InChI=1S/C29H19BrN2O2/c30-20-12-9-18(10-13-20)16-32-17-24(22-7-3-4-8-27(22)32)26-15-23(29(33)34)28-21-6-2-1-5-19(21)11-14-25(28)31-26/h1-15,17H,16H2,(H,33,34). The largest absolute Gasteiger partial charge is 0.478 e. The monoisotopic (exact) mass is 506 g/mol. The highest BCUT2D eigenvalue weighted by atomic mass is 79.9. The van der Waals surface area contributed by atoms with Gasteiger partial charge in [-0.1, -0.05) is 76.6 Å². The first kappa shape index (κ1) is 20.6. The van der Waals surface area contributed by atoms with Crippen molar-refractivity contribution in [2.24, 2.45) is 0 Å². The van der Waals surface area contributed by atoms with E-state index in [1.165, 1.54) is 5.56 Å². The number of hydrogen-bond donors (Lipinski definition) is 1. The van der Waals surface area contributed by atoms with Crippen LogP contribution in [-0.4, -0.2) is 20.6 Å². The van der Waals surface area contributed by atoms with Crippen LogP contribution in [0.1, 0.15) is 15.9 Å². The second kappa shape index (κ2) is 8.12. The Balaban J connectivity index is 1.58. The minimum Gasteiger partial charge on any atom is -0.478 e. The van der Waals surface area contributed by atoms with Gasteiger partial charge in [-0.3, -0.25) is 0 Å². The van der Waals surface area contributed by atoms with E-state index in [0.29, 0.717) is 23.1 Å². The van der Waals surface area contributed by atoms with E-state index in [1.54, 1.807) is 6.07 Å². The van der Waals surface area contributed by atoms with Gasteiger partial charge < -0.3 is 9.67 Å². The normalized spacial score (nSPS) is 11.4. The zero-order valence-corrected chi connectivity index (χ0v) is 19.7. The van der Waals surface area contributed by atoms with Gasteiger partial charge in [0.1, 0.15) is 0 Å². The van der Waals surface area contributed by atoms with Gasteiger partial charge in [0.05, 0.1) is 16.8 Å². The van der Waals surface area contributed by atoms with Crippen molar-refractivity contribution in [3.8, 4) is 11.3 Å². The van der Waals surface area contributed by atoms with Gasteiger partial charge in [0.2, 0.25) is 0 Å². The molecular weight excluding hydrogens is 488 g/mol. The predicted octanol–water partition coefficient (Wildman–Crippen LogP) is 7.52. The van der Waals surface area contributed by atoms with E-state index in [-0.39, 0.29) is 5.56 Å². The topological polar surface area (TPSA) is 55.1 Å². The van der Waals surface area contributed by atoms with Crippen LogP contribution in [0, 0.1) is 0 Å². The first-order chi connectivity index (χ1) is 16.6. The quantitative estimate of drug-likeness (QED) is 0.251. The fourth-order valence-corrected chi connectivity index (χ4v) is 4.95. The fourth-order valence-electron chi connectivity index (χ4n) is 4.68. The summed E-state index contributed by atoms with van der Waals surface area (Å²) in [6.45, 7) is 0.706. The molecule has 0 aliphatic rings. The van der Waals surface area contributed by atoms with Crippen molar-refractivity contribution < 1.29 is 9.90 Å². The minimum atomic E-state index is -0.955. The number of halogens is 1. The first-order valence-corrected chi connectivity index (χ1v) is 11.8. The third-order valence-electron chi connectivity index (χ3n) is 6.26. The number of pyridine rings is 1. The Labute approximate surface area is 204 Å². The van der Waals surface area contributed by atoms with Gasteiger partial charge in [0.15, 0.2) is 0 Å². The molecule has 4 aromatic carbocycles. The summed E-state index contributed by atoms with van der Waals surface area (Å²) in [5, 5.41) is 13.7.